The lowest BCUT2D eigenvalue weighted by molar-refractivity contribution is -0.139. The number of ether oxygens (including phenoxy) is 1. The molecular formula is C23H24ClN3O3. The van der Waals surface area contributed by atoms with Gasteiger partial charge in [-0.25, -0.2) is 4.98 Å². The molecular weight excluding hydrogens is 402 g/mol. The number of amides is 1. The molecule has 30 heavy (non-hydrogen) atoms. The van der Waals surface area contributed by atoms with Crippen LogP contribution in [-0.2, 0) is 11.2 Å². The smallest absolute Gasteiger partial charge is 0.263 e. The quantitative estimate of drug-likeness (QED) is 0.666. The lowest BCUT2D eigenvalue weighted by Gasteiger charge is -2.33. The molecule has 0 bridgehead atoms. The third-order valence-electron chi connectivity index (χ3n) is 6.29. The van der Waals surface area contributed by atoms with E-state index < -0.39 is 6.10 Å². The zero-order chi connectivity index (χ0) is 20.7. The third kappa shape index (κ3) is 3.44. The highest BCUT2D eigenvalue weighted by Crippen LogP contribution is 2.43. The first-order valence-corrected chi connectivity index (χ1v) is 10.8. The molecule has 156 valence electrons. The SMILES string of the molecule is O=C([C@@H]1Cc2cc(Cl)cc(-c3ccnc4[nH]ccc34)c2O1)N1CCC(CCO)CC1. The standard InChI is InChI=1S/C23H24ClN3O3/c24-16-11-15-12-20(23(29)27-8-3-14(4-9-27)5-10-28)30-21(15)19(13-16)17-1-6-25-22-18(17)2-7-26-22/h1-2,6-7,11,13-14,20,28H,3-5,8-10,12H2,(H,25,26)/t20-/m0/s1. The fourth-order valence-electron chi connectivity index (χ4n) is 4.69. The molecule has 0 radical (unpaired) electrons. The fraction of sp³-hybridized carbons (Fsp3) is 0.391. The minimum absolute atomic E-state index is 0.0391. The number of rotatable bonds is 4. The van der Waals surface area contributed by atoms with Gasteiger partial charge in [0.05, 0.1) is 0 Å². The number of aliphatic hydroxyl groups is 1. The van der Waals surface area contributed by atoms with Crippen LogP contribution in [0, 0.1) is 5.92 Å². The third-order valence-corrected chi connectivity index (χ3v) is 6.50. The monoisotopic (exact) mass is 425 g/mol. The van der Waals surface area contributed by atoms with E-state index in [0.717, 1.165) is 65.8 Å². The molecule has 0 unspecified atom stereocenters. The molecule has 1 saturated heterocycles. The van der Waals surface area contributed by atoms with Crippen LogP contribution >= 0.6 is 11.6 Å². The topological polar surface area (TPSA) is 78.5 Å². The van der Waals surface area contributed by atoms with Crippen molar-refractivity contribution in [3.63, 3.8) is 0 Å². The molecule has 5 rings (SSSR count). The van der Waals surface area contributed by atoms with Crippen LogP contribution in [0.25, 0.3) is 22.2 Å². The van der Waals surface area contributed by atoms with Crippen molar-refractivity contribution in [1.29, 1.82) is 0 Å². The van der Waals surface area contributed by atoms with E-state index in [2.05, 4.69) is 9.97 Å². The Hall–Kier alpha value is -2.57. The maximum atomic E-state index is 13.1. The van der Waals surface area contributed by atoms with Gasteiger partial charge in [0, 0.05) is 60.0 Å². The highest BCUT2D eigenvalue weighted by molar-refractivity contribution is 6.31. The molecule has 0 saturated carbocycles. The Labute approximate surface area is 179 Å². The number of aromatic amines is 1. The van der Waals surface area contributed by atoms with Crippen LogP contribution in [0.2, 0.25) is 5.02 Å². The van der Waals surface area contributed by atoms with Gasteiger partial charge in [-0.3, -0.25) is 4.79 Å². The number of benzene rings is 1. The summed E-state index contributed by atoms with van der Waals surface area (Å²) in [6, 6.07) is 7.73. The van der Waals surface area contributed by atoms with Crippen molar-refractivity contribution in [1.82, 2.24) is 14.9 Å². The number of likely N-dealkylation sites (tertiary alicyclic amines) is 1. The average molecular weight is 426 g/mol. The average Bonchev–Trinajstić information content (AvgIpc) is 3.40. The van der Waals surface area contributed by atoms with Gasteiger partial charge >= 0.3 is 0 Å². The van der Waals surface area contributed by atoms with E-state index >= 15 is 0 Å². The van der Waals surface area contributed by atoms with Crippen molar-refractivity contribution in [3.8, 4) is 16.9 Å². The van der Waals surface area contributed by atoms with Gasteiger partial charge in [-0.1, -0.05) is 11.6 Å². The van der Waals surface area contributed by atoms with Crippen LogP contribution in [0.4, 0.5) is 0 Å². The van der Waals surface area contributed by atoms with E-state index in [-0.39, 0.29) is 12.5 Å². The van der Waals surface area contributed by atoms with E-state index in [1.165, 1.54) is 0 Å². The maximum absolute atomic E-state index is 13.1. The second-order valence-corrected chi connectivity index (χ2v) is 8.57. The highest BCUT2D eigenvalue weighted by Gasteiger charge is 2.35. The van der Waals surface area contributed by atoms with Gasteiger partial charge in [-0.2, -0.15) is 0 Å². The molecule has 6 nitrogen and oxygen atoms in total. The Morgan fingerprint density at radius 3 is 2.90 bits per heavy atom. The van der Waals surface area contributed by atoms with Crippen molar-refractivity contribution in [2.24, 2.45) is 5.92 Å². The number of carbonyl (C=O) groups excluding carboxylic acids is 1. The minimum atomic E-state index is -0.518. The number of carbonyl (C=O) groups is 1. The van der Waals surface area contributed by atoms with Crippen LogP contribution in [0.5, 0.6) is 5.75 Å². The summed E-state index contributed by atoms with van der Waals surface area (Å²) in [5.74, 6) is 1.28. The number of aromatic nitrogens is 2. The molecule has 2 aromatic heterocycles. The number of piperidine rings is 1. The summed E-state index contributed by atoms with van der Waals surface area (Å²) in [6.45, 7) is 1.66. The minimum Gasteiger partial charge on any atom is -0.479 e. The zero-order valence-corrected chi connectivity index (χ0v) is 17.4. The number of nitrogens with one attached hydrogen (secondary N) is 1. The molecule has 3 aromatic rings. The normalized spacial score (nSPS) is 19.1. The van der Waals surface area contributed by atoms with Crippen molar-refractivity contribution >= 4 is 28.5 Å². The molecule has 7 heteroatoms. The Balaban J connectivity index is 1.40. The lowest BCUT2D eigenvalue weighted by Crippen LogP contribution is -2.45. The first kappa shape index (κ1) is 19.4. The molecule has 0 spiro atoms. The van der Waals surface area contributed by atoms with Gasteiger partial charge in [-0.05, 0) is 55.0 Å². The Kier molecular flexibility index (Phi) is 5.13. The number of fused-ring (bicyclic) bond motifs is 2. The number of pyridine rings is 1. The molecule has 1 amide bonds. The van der Waals surface area contributed by atoms with E-state index in [4.69, 9.17) is 21.4 Å². The van der Waals surface area contributed by atoms with Crippen LogP contribution in [0.3, 0.4) is 0 Å². The maximum Gasteiger partial charge on any atom is 0.263 e. The van der Waals surface area contributed by atoms with Crippen molar-refractivity contribution in [2.45, 2.75) is 31.8 Å². The number of halogens is 1. The number of H-pyrrole nitrogens is 1. The van der Waals surface area contributed by atoms with Gasteiger partial charge in [0.1, 0.15) is 11.4 Å². The van der Waals surface area contributed by atoms with E-state index in [9.17, 15) is 4.79 Å². The predicted octanol–water partition coefficient (Wildman–Crippen LogP) is 3.81. The molecule has 4 heterocycles. The van der Waals surface area contributed by atoms with Crippen molar-refractivity contribution < 1.29 is 14.6 Å². The molecule has 2 aliphatic rings. The molecule has 2 aliphatic heterocycles. The summed E-state index contributed by atoms with van der Waals surface area (Å²) in [5, 5.41) is 10.8. The molecule has 1 aromatic carbocycles. The zero-order valence-electron chi connectivity index (χ0n) is 16.6. The van der Waals surface area contributed by atoms with Gasteiger partial charge in [-0.15, -0.1) is 0 Å². The first-order chi connectivity index (χ1) is 14.6. The van der Waals surface area contributed by atoms with Gasteiger partial charge in [0.15, 0.2) is 6.10 Å². The number of nitrogens with zero attached hydrogens (tertiary/aromatic N) is 2. The second kappa shape index (κ2) is 7.93. The Morgan fingerprint density at radius 1 is 1.27 bits per heavy atom. The van der Waals surface area contributed by atoms with Crippen molar-refractivity contribution in [2.75, 3.05) is 19.7 Å². The van der Waals surface area contributed by atoms with Crippen LogP contribution < -0.4 is 4.74 Å². The van der Waals surface area contributed by atoms with Gasteiger partial charge < -0.3 is 19.7 Å². The van der Waals surface area contributed by atoms with Crippen molar-refractivity contribution in [3.05, 3.63) is 47.2 Å². The van der Waals surface area contributed by atoms with E-state index in [1.54, 1.807) is 6.20 Å². The van der Waals surface area contributed by atoms with Crippen LogP contribution in [0.1, 0.15) is 24.8 Å². The van der Waals surface area contributed by atoms with Gasteiger partial charge in [0.2, 0.25) is 0 Å². The molecule has 1 fully saturated rings. The number of aliphatic hydroxyl groups excluding tert-OH is 1. The van der Waals surface area contributed by atoms with Gasteiger partial charge in [0.25, 0.3) is 5.91 Å². The Morgan fingerprint density at radius 2 is 2.10 bits per heavy atom. The van der Waals surface area contributed by atoms with E-state index in [1.807, 2.05) is 35.4 Å². The van der Waals surface area contributed by atoms with E-state index in [0.29, 0.717) is 17.4 Å². The van der Waals surface area contributed by atoms with Crippen LogP contribution in [0.15, 0.2) is 36.7 Å². The fourth-order valence-corrected chi connectivity index (χ4v) is 4.93. The lowest BCUT2D eigenvalue weighted by atomic mass is 9.93. The largest absolute Gasteiger partial charge is 0.479 e. The summed E-state index contributed by atoms with van der Waals surface area (Å²) in [6.07, 6.45) is 6.32. The number of hydrogen-bond acceptors (Lipinski definition) is 4. The highest BCUT2D eigenvalue weighted by atomic mass is 35.5. The summed E-state index contributed by atoms with van der Waals surface area (Å²) >= 11 is 6.43. The summed E-state index contributed by atoms with van der Waals surface area (Å²) < 4.78 is 6.24. The molecule has 1 atom stereocenters. The predicted molar refractivity (Wildman–Crippen MR) is 116 cm³/mol. The summed E-state index contributed by atoms with van der Waals surface area (Å²) in [4.78, 5) is 22.5. The Bertz CT molecular complexity index is 1090. The van der Waals surface area contributed by atoms with Crippen LogP contribution in [-0.4, -0.2) is 51.7 Å². The molecule has 0 aliphatic carbocycles. The number of hydrogen-bond donors (Lipinski definition) is 2. The molecule has 2 N–H and O–H groups in total. The second-order valence-electron chi connectivity index (χ2n) is 8.13. The summed E-state index contributed by atoms with van der Waals surface area (Å²) in [7, 11) is 0. The summed E-state index contributed by atoms with van der Waals surface area (Å²) in [5.41, 5.74) is 3.64. The first-order valence-electron chi connectivity index (χ1n) is 10.4.